The second-order valence-electron chi connectivity index (χ2n) is 5.15. The highest BCUT2D eigenvalue weighted by molar-refractivity contribution is 6.21. The van der Waals surface area contributed by atoms with Gasteiger partial charge in [-0.25, -0.2) is 4.39 Å². The molecule has 1 heterocycles. The smallest absolute Gasteiger partial charge is 0.270 e. The van der Waals surface area contributed by atoms with Crippen molar-refractivity contribution >= 4 is 17.2 Å². The second kappa shape index (κ2) is 5.51. The largest absolute Gasteiger partial charge is 0.483 e. The number of nitro groups is 1. The van der Waals surface area contributed by atoms with Gasteiger partial charge in [0.25, 0.3) is 11.6 Å². The van der Waals surface area contributed by atoms with Crippen LogP contribution in [0.4, 0.5) is 10.1 Å². The molecular formula is C14H15FN2O4. The fourth-order valence-corrected chi connectivity index (χ4v) is 2.11. The van der Waals surface area contributed by atoms with E-state index < -0.39 is 23.1 Å². The lowest BCUT2D eigenvalue weighted by Crippen LogP contribution is -2.34. The first-order valence-corrected chi connectivity index (χ1v) is 6.39. The molecule has 0 unspecified atom stereocenters. The summed E-state index contributed by atoms with van der Waals surface area (Å²) in [6.45, 7) is 2.74. The monoisotopic (exact) mass is 294 g/mol. The lowest BCUT2D eigenvalue weighted by Gasteiger charge is -2.30. The van der Waals surface area contributed by atoms with Gasteiger partial charge in [-0.2, -0.15) is 0 Å². The Morgan fingerprint density at radius 1 is 1.48 bits per heavy atom. The van der Waals surface area contributed by atoms with Crippen LogP contribution in [0.5, 0.6) is 5.75 Å². The van der Waals surface area contributed by atoms with Crippen molar-refractivity contribution in [1.82, 2.24) is 5.32 Å². The maximum absolute atomic E-state index is 12.2. The van der Waals surface area contributed by atoms with Gasteiger partial charge in [0.1, 0.15) is 18.0 Å². The molecule has 1 aromatic carbocycles. The number of amides is 1. The van der Waals surface area contributed by atoms with E-state index in [1.54, 1.807) is 19.9 Å². The molecule has 1 aliphatic heterocycles. The number of benzene rings is 1. The van der Waals surface area contributed by atoms with Gasteiger partial charge in [0, 0.05) is 24.2 Å². The first-order chi connectivity index (χ1) is 9.84. The number of carbonyl (C=O) groups excluding carboxylic acids is 1. The molecule has 1 aliphatic rings. The van der Waals surface area contributed by atoms with E-state index in [2.05, 4.69) is 5.32 Å². The molecule has 0 radical (unpaired) electrons. The number of hydrogen-bond acceptors (Lipinski definition) is 4. The summed E-state index contributed by atoms with van der Waals surface area (Å²) in [4.78, 5) is 22.4. The average Bonchev–Trinajstić information content (AvgIpc) is 2.42. The molecule has 0 spiro atoms. The summed E-state index contributed by atoms with van der Waals surface area (Å²) in [5.41, 5.74) is -0.287. The topological polar surface area (TPSA) is 81.5 Å². The number of nitrogens with one attached hydrogen (secondary N) is 1. The number of fused-ring (bicyclic) bond motifs is 1. The summed E-state index contributed by atoms with van der Waals surface area (Å²) < 4.78 is 17.9. The standard InChI is InChI=1S/C14H15FN2O4/c1-14(2)8-11(13(18)16-6-5-15)10-7-9(17(19)20)3-4-12(10)21-14/h3-4,7-8H,5-6H2,1-2H3,(H,16,18). The zero-order chi connectivity index (χ0) is 15.6. The fourth-order valence-electron chi connectivity index (χ4n) is 2.11. The molecule has 6 nitrogen and oxygen atoms in total. The van der Waals surface area contributed by atoms with Gasteiger partial charge in [0.2, 0.25) is 0 Å². The van der Waals surface area contributed by atoms with Crippen LogP contribution in [0.1, 0.15) is 19.4 Å². The number of nitro benzene ring substituents is 1. The van der Waals surface area contributed by atoms with E-state index in [9.17, 15) is 19.3 Å². The maximum atomic E-state index is 12.2. The van der Waals surface area contributed by atoms with E-state index in [-0.39, 0.29) is 17.8 Å². The number of halogens is 1. The minimum absolute atomic E-state index is 0.109. The Balaban J connectivity index is 2.47. The van der Waals surface area contributed by atoms with E-state index in [1.807, 2.05) is 0 Å². The minimum atomic E-state index is -0.731. The summed E-state index contributed by atoms with van der Waals surface area (Å²) in [6.07, 6.45) is 1.58. The average molecular weight is 294 g/mol. The fraction of sp³-hybridized carbons (Fsp3) is 0.357. The SMILES string of the molecule is CC1(C)C=C(C(=O)NCCF)c2cc([N+](=O)[O-])ccc2O1. The van der Waals surface area contributed by atoms with Crippen LogP contribution in [0.25, 0.3) is 5.57 Å². The van der Waals surface area contributed by atoms with Gasteiger partial charge >= 0.3 is 0 Å². The Hall–Kier alpha value is -2.44. The van der Waals surface area contributed by atoms with Gasteiger partial charge in [0.15, 0.2) is 0 Å². The highest BCUT2D eigenvalue weighted by Crippen LogP contribution is 2.38. The van der Waals surface area contributed by atoms with Gasteiger partial charge in [-0.1, -0.05) is 0 Å². The third kappa shape index (κ3) is 3.18. The van der Waals surface area contributed by atoms with Gasteiger partial charge in [-0.15, -0.1) is 0 Å². The number of alkyl halides is 1. The molecular weight excluding hydrogens is 279 g/mol. The Morgan fingerprint density at radius 2 is 2.19 bits per heavy atom. The Morgan fingerprint density at radius 3 is 2.81 bits per heavy atom. The molecule has 0 aromatic heterocycles. The van der Waals surface area contributed by atoms with Crippen molar-refractivity contribution in [2.75, 3.05) is 13.2 Å². The van der Waals surface area contributed by atoms with Gasteiger partial charge < -0.3 is 10.1 Å². The van der Waals surface area contributed by atoms with Crippen molar-refractivity contribution in [3.63, 3.8) is 0 Å². The number of rotatable bonds is 4. The third-order valence-electron chi connectivity index (χ3n) is 2.95. The number of nitrogens with zero attached hydrogens (tertiary/aromatic N) is 1. The number of carbonyl (C=O) groups is 1. The van der Waals surface area contributed by atoms with Crippen molar-refractivity contribution in [2.24, 2.45) is 0 Å². The van der Waals surface area contributed by atoms with Crippen molar-refractivity contribution in [2.45, 2.75) is 19.4 Å². The second-order valence-corrected chi connectivity index (χ2v) is 5.15. The van der Waals surface area contributed by atoms with Crippen LogP contribution in [-0.2, 0) is 4.79 Å². The molecule has 21 heavy (non-hydrogen) atoms. The van der Waals surface area contributed by atoms with Gasteiger partial charge in [-0.05, 0) is 26.0 Å². The summed E-state index contributed by atoms with van der Waals surface area (Å²) in [7, 11) is 0. The van der Waals surface area contributed by atoms with E-state index in [0.29, 0.717) is 11.3 Å². The molecule has 112 valence electrons. The van der Waals surface area contributed by atoms with Crippen LogP contribution >= 0.6 is 0 Å². The first kappa shape index (κ1) is 15.0. The summed E-state index contributed by atoms with van der Waals surface area (Å²) in [6, 6.07) is 4.06. The maximum Gasteiger partial charge on any atom is 0.270 e. The molecule has 1 amide bonds. The zero-order valence-corrected chi connectivity index (χ0v) is 11.7. The van der Waals surface area contributed by atoms with Crippen molar-refractivity contribution < 1.29 is 18.8 Å². The summed E-state index contributed by atoms with van der Waals surface area (Å²) in [5.74, 6) is -0.0933. The van der Waals surface area contributed by atoms with Crippen LogP contribution in [0, 0.1) is 10.1 Å². The first-order valence-electron chi connectivity index (χ1n) is 6.39. The molecule has 1 N–H and O–H groups in total. The van der Waals surface area contributed by atoms with E-state index in [0.717, 1.165) is 0 Å². The van der Waals surface area contributed by atoms with Crippen molar-refractivity contribution in [3.05, 3.63) is 40.0 Å². The molecule has 0 aliphatic carbocycles. The highest BCUT2D eigenvalue weighted by Gasteiger charge is 2.30. The van der Waals surface area contributed by atoms with Crippen LogP contribution in [0.3, 0.4) is 0 Å². The van der Waals surface area contributed by atoms with Crippen LogP contribution in [0.2, 0.25) is 0 Å². The summed E-state index contributed by atoms with van der Waals surface area (Å²) >= 11 is 0. The van der Waals surface area contributed by atoms with Gasteiger partial charge in [-0.3, -0.25) is 14.9 Å². The quantitative estimate of drug-likeness (QED) is 0.682. The Bertz CT molecular complexity index is 625. The molecule has 1 aromatic rings. The normalized spacial score (nSPS) is 15.5. The number of ether oxygens (including phenoxy) is 1. The Labute approximate surface area is 120 Å². The molecule has 2 rings (SSSR count). The predicted molar refractivity (Wildman–Crippen MR) is 74.8 cm³/mol. The third-order valence-corrected chi connectivity index (χ3v) is 2.95. The van der Waals surface area contributed by atoms with Crippen LogP contribution in [-0.4, -0.2) is 29.7 Å². The predicted octanol–water partition coefficient (Wildman–Crippen LogP) is 2.23. The Kier molecular flexibility index (Phi) is 3.93. The minimum Gasteiger partial charge on any atom is -0.483 e. The summed E-state index contributed by atoms with van der Waals surface area (Å²) in [5, 5.41) is 13.3. The highest BCUT2D eigenvalue weighted by atomic mass is 19.1. The lowest BCUT2D eigenvalue weighted by molar-refractivity contribution is -0.384. The van der Waals surface area contributed by atoms with Crippen molar-refractivity contribution in [1.29, 1.82) is 0 Å². The molecule has 7 heteroatoms. The molecule has 0 saturated heterocycles. The zero-order valence-electron chi connectivity index (χ0n) is 11.7. The number of hydrogen-bond donors (Lipinski definition) is 1. The molecule has 0 saturated carbocycles. The molecule has 0 bridgehead atoms. The number of non-ortho nitro benzene ring substituents is 1. The molecule has 0 atom stereocenters. The van der Waals surface area contributed by atoms with E-state index >= 15 is 0 Å². The van der Waals surface area contributed by atoms with Crippen molar-refractivity contribution in [3.8, 4) is 5.75 Å². The lowest BCUT2D eigenvalue weighted by atomic mass is 9.94. The van der Waals surface area contributed by atoms with E-state index in [4.69, 9.17) is 4.74 Å². The molecule has 0 fully saturated rings. The van der Waals surface area contributed by atoms with Crippen LogP contribution < -0.4 is 10.1 Å². The van der Waals surface area contributed by atoms with E-state index in [1.165, 1.54) is 18.2 Å². The van der Waals surface area contributed by atoms with Crippen LogP contribution in [0.15, 0.2) is 24.3 Å². The van der Waals surface area contributed by atoms with Gasteiger partial charge in [0.05, 0.1) is 10.5 Å².